The van der Waals surface area contributed by atoms with E-state index in [-0.39, 0.29) is 47.9 Å². The van der Waals surface area contributed by atoms with Gasteiger partial charge in [0.15, 0.2) is 0 Å². The highest BCUT2D eigenvalue weighted by Gasteiger charge is 2.33. The van der Waals surface area contributed by atoms with Gasteiger partial charge >= 0.3 is 5.97 Å². The normalized spacial score (nSPS) is 19.5. The van der Waals surface area contributed by atoms with Crippen molar-refractivity contribution in [3.05, 3.63) is 76.2 Å². The fraction of sp³-hybridized carbons (Fsp3) is 0.513. The average molecular weight is 704 g/mol. The molecule has 2 heterocycles. The second kappa shape index (κ2) is 17.0. The van der Waals surface area contributed by atoms with Crippen LogP contribution in [-0.2, 0) is 20.9 Å². The quantitative estimate of drug-likeness (QED) is 0.135. The Morgan fingerprint density at radius 3 is 2.42 bits per heavy atom. The van der Waals surface area contributed by atoms with Crippen molar-refractivity contribution in [3.8, 4) is 16.2 Å². The molecule has 2 aliphatic rings. The highest BCUT2D eigenvalue weighted by molar-refractivity contribution is 7.15. The molecule has 50 heavy (non-hydrogen) atoms. The highest BCUT2D eigenvalue weighted by atomic mass is 32.1. The van der Waals surface area contributed by atoms with Crippen LogP contribution in [-0.4, -0.2) is 61.2 Å². The Balaban J connectivity index is 1.11. The maximum atomic E-state index is 13.3. The molecule has 1 saturated carbocycles. The lowest BCUT2D eigenvalue weighted by Crippen LogP contribution is -2.52. The Morgan fingerprint density at radius 2 is 1.72 bits per heavy atom. The van der Waals surface area contributed by atoms with Crippen molar-refractivity contribution in [1.82, 2.24) is 21.3 Å². The van der Waals surface area contributed by atoms with Gasteiger partial charge in [-0.15, -0.1) is 11.3 Å². The lowest BCUT2D eigenvalue weighted by Gasteiger charge is -2.28. The molecule has 1 aromatic heterocycles. The molecule has 2 fully saturated rings. The van der Waals surface area contributed by atoms with Crippen molar-refractivity contribution in [2.75, 3.05) is 13.1 Å². The van der Waals surface area contributed by atoms with E-state index < -0.39 is 18.1 Å². The molecular formula is C39H53N5O5S. The number of nitrogens with two attached hydrogens (primary N) is 1. The lowest BCUT2D eigenvalue weighted by atomic mass is 10.0. The minimum absolute atomic E-state index is 0.0255. The van der Waals surface area contributed by atoms with Gasteiger partial charge in [0.2, 0.25) is 5.91 Å². The topological polar surface area (TPSA) is 144 Å². The summed E-state index contributed by atoms with van der Waals surface area (Å²) in [7, 11) is 0. The smallest absolute Gasteiger partial charge is 0.329 e. The van der Waals surface area contributed by atoms with Gasteiger partial charge in [-0.2, -0.15) is 0 Å². The van der Waals surface area contributed by atoms with Gasteiger partial charge in [-0.1, -0.05) is 52.0 Å². The highest BCUT2D eigenvalue weighted by Crippen LogP contribution is 2.31. The molecular weight excluding hydrogens is 651 g/mol. The molecule has 3 aromatic rings. The number of aryl methyl sites for hydroxylation is 1. The minimum Gasteiger partial charge on any atom is -0.488 e. The van der Waals surface area contributed by atoms with Gasteiger partial charge in [-0.25, -0.2) is 4.79 Å². The van der Waals surface area contributed by atoms with Gasteiger partial charge in [0.05, 0.1) is 12.1 Å². The SMILES string of the molecule is Cc1ccc(OC2CNC2)cc1C(=O)NC(C)c1cccc(-c2ccc(CN[C@H]3CC[C@@H](OC(=O)C(NC(=O)C(N)C(C)C)C(C)C)C3)s2)c1. The zero-order valence-corrected chi connectivity index (χ0v) is 30.9. The number of hydrogen-bond acceptors (Lipinski definition) is 9. The van der Waals surface area contributed by atoms with E-state index in [9.17, 15) is 14.4 Å². The predicted molar refractivity (Wildman–Crippen MR) is 198 cm³/mol. The van der Waals surface area contributed by atoms with E-state index in [1.165, 1.54) is 4.88 Å². The summed E-state index contributed by atoms with van der Waals surface area (Å²) in [5, 5.41) is 12.8. The number of ether oxygens (including phenoxy) is 2. The Morgan fingerprint density at radius 1 is 0.940 bits per heavy atom. The minimum atomic E-state index is -0.725. The summed E-state index contributed by atoms with van der Waals surface area (Å²) in [6, 6.07) is 16.9. The van der Waals surface area contributed by atoms with Gasteiger partial charge in [0.1, 0.15) is 24.0 Å². The first kappa shape index (κ1) is 37.5. The number of rotatable bonds is 15. The van der Waals surface area contributed by atoms with E-state index in [1.807, 2.05) is 71.9 Å². The van der Waals surface area contributed by atoms with E-state index in [4.69, 9.17) is 15.2 Å². The third kappa shape index (κ3) is 9.72. The van der Waals surface area contributed by atoms with E-state index in [0.29, 0.717) is 11.3 Å². The summed E-state index contributed by atoms with van der Waals surface area (Å²) in [5.74, 6) is -0.272. The van der Waals surface area contributed by atoms with Crippen molar-refractivity contribution in [2.24, 2.45) is 17.6 Å². The number of thiophene rings is 1. The molecule has 2 amide bonds. The summed E-state index contributed by atoms with van der Waals surface area (Å²) in [5.41, 5.74) is 9.66. The number of carbonyl (C=O) groups excluding carboxylic acids is 3. The molecule has 11 heteroatoms. The Hall–Kier alpha value is -3.77. The summed E-state index contributed by atoms with van der Waals surface area (Å²) < 4.78 is 11.8. The first-order valence-corrected chi connectivity index (χ1v) is 18.7. The Kier molecular flexibility index (Phi) is 12.7. The Bertz CT molecular complexity index is 1640. The molecule has 0 spiro atoms. The zero-order valence-electron chi connectivity index (χ0n) is 30.1. The number of nitrogens with one attached hydrogen (secondary N) is 4. The van der Waals surface area contributed by atoms with Crippen molar-refractivity contribution < 1.29 is 23.9 Å². The van der Waals surface area contributed by atoms with Crippen LogP contribution >= 0.6 is 11.3 Å². The van der Waals surface area contributed by atoms with E-state index in [1.54, 1.807) is 11.3 Å². The maximum Gasteiger partial charge on any atom is 0.329 e. The first-order valence-electron chi connectivity index (χ1n) is 17.9. The van der Waals surface area contributed by atoms with Crippen LogP contribution in [0.1, 0.15) is 86.3 Å². The van der Waals surface area contributed by atoms with Crippen LogP contribution in [0.5, 0.6) is 5.75 Å². The van der Waals surface area contributed by atoms with Crippen LogP contribution in [0.25, 0.3) is 10.4 Å². The van der Waals surface area contributed by atoms with Crippen LogP contribution in [0, 0.1) is 18.8 Å². The second-order valence-electron chi connectivity index (χ2n) is 14.4. The van der Waals surface area contributed by atoms with Crippen LogP contribution < -0.4 is 31.7 Å². The summed E-state index contributed by atoms with van der Waals surface area (Å²) in [4.78, 5) is 41.2. The molecule has 0 radical (unpaired) electrons. The van der Waals surface area contributed by atoms with Crippen molar-refractivity contribution in [1.29, 1.82) is 0 Å². The van der Waals surface area contributed by atoms with Gasteiger partial charge in [-0.05, 0) is 92.0 Å². The number of benzene rings is 2. The number of esters is 1. The maximum absolute atomic E-state index is 13.3. The van der Waals surface area contributed by atoms with Crippen molar-refractivity contribution >= 4 is 29.1 Å². The lowest BCUT2D eigenvalue weighted by molar-refractivity contribution is -0.154. The molecule has 1 aliphatic carbocycles. The molecule has 2 aromatic carbocycles. The molecule has 3 unspecified atom stereocenters. The fourth-order valence-corrected chi connectivity index (χ4v) is 7.12. The molecule has 0 bridgehead atoms. The summed E-state index contributed by atoms with van der Waals surface area (Å²) in [6.07, 6.45) is 2.38. The average Bonchev–Trinajstić information content (AvgIpc) is 3.73. The van der Waals surface area contributed by atoms with Crippen molar-refractivity contribution in [3.63, 3.8) is 0 Å². The zero-order chi connectivity index (χ0) is 35.9. The molecule has 5 atom stereocenters. The standard InChI is InChI=1S/C39H53N5O5S/c1-22(2)35(40)38(46)44-36(23(3)4)39(47)49-29-13-11-28(17-29)42-21-32-14-15-34(50-32)27-9-7-8-26(16-27)25(6)43-37(45)33-18-30(12-10-24(33)5)48-31-19-41-20-31/h7-10,12,14-16,18,22-23,25,28-29,31,35-36,41-42H,11,13,17,19-21,40H2,1-6H3,(H,43,45)(H,44,46)/t25?,28-,29+,35?,36?/m0/s1. The molecule has 5 rings (SSSR count). The van der Waals surface area contributed by atoms with Gasteiger partial charge in [-0.3, -0.25) is 9.59 Å². The van der Waals surface area contributed by atoms with E-state index in [0.717, 1.165) is 60.5 Å². The predicted octanol–water partition coefficient (Wildman–Crippen LogP) is 5.24. The number of carbonyl (C=O) groups is 3. The fourth-order valence-electron chi connectivity index (χ4n) is 6.17. The summed E-state index contributed by atoms with van der Waals surface area (Å²) >= 11 is 1.74. The van der Waals surface area contributed by atoms with Crippen molar-refractivity contribution in [2.45, 2.75) is 104 Å². The van der Waals surface area contributed by atoms with Crippen LogP contribution in [0.2, 0.25) is 0 Å². The summed E-state index contributed by atoms with van der Waals surface area (Å²) in [6.45, 7) is 13.9. The third-order valence-electron chi connectivity index (χ3n) is 9.65. The number of amides is 2. The van der Waals surface area contributed by atoms with Gasteiger partial charge < -0.3 is 36.5 Å². The van der Waals surface area contributed by atoms with Gasteiger partial charge in [0, 0.05) is 41.0 Å². The molecule has 1 saturated heterocycles. The monoisotopic (exact) mass is 703 g/mol. The Labute approximate surface area is 300 Å². The largest absolute Gasteiger partial charge is 0.488 e. The number of hydrogen-bond donors (Lipinski definition) is 5. The third-order valence-corrected chi connectivity index (χ3v) is 10.8. The molecule has 6 N–H and O–H groups in total. The second-order valence-corrected chi connectivity index (χ2v) is 15.6. The van der Waals surface area contributed by atoms with Crippen LogP contribution in [0.15, 0.2) is 54.6 Å². The molecule has 10 nitrogen and oxygen atoms in total. The first-order chi connectivity index (χ1) is 23.9. The van der Waals surface area contributed by atoms with Gasteiger partial charge in [0.25, 0.3) is 5.91 Å². The van der Waals surface area contributed by atoms with E-state index in [2.05, 4.69) is 45.5 Å². The van der Waals surface area contributed by atoms with Crippen LogP contribution in [0.4, 0.5) is 0 Å². The van der Waals surface area contributed by atoms with Crippen LogP contribution in [0.3, 0.4) is 0 Å². The van der Waals surface area contributed by atoms with E-state index >= 15 is 0 Å². The molecule has 1 aliphatic heterocycles. The molecule has 270 valence electrons.